The lowest BCUT2D eigenvalue weighted by atomic mass is 10.2. The first-order valence-corrected chi connectivity index (χ1v) is 10.00. The SMILES string of the molecule is C=Cc1ccc(SC(F)(F)C(F)(F)[Si](C)(C)C)cc1. The van der Waals surface area contributed by atoms with E-state index in [1.807, 2.05) is 0 Å². The van der Waals surface area contributed by atoms with Crippen molar-refractivity contribution in [2.24, 2.45) is 0 Å². The molecule has 0 heterocycles. The molecule has 1 aromatic carbocycles. The van der Waals surface area contributed by atoms with Crippen molar-refractivity contribution in [3.05, 3.63) is 36.4 Å². The molecule has 0 atom stereocenters. The van der Waals surface area contributed by atoms with Gasteiger partial charge in [-0.05, 0) is 29.5 Å². The molecule has 0 aromatic heterocycles. The Morgan fingerprint density at radius 3 is 1.89 bits per heavy atom. The minimum atomic E-state index is -4.10. The summed E-state index contributed by atoms with van der Waals surface area (Å²) in [6.07, 6.45) is 1.56. The normalized spacial score (nSPS) is 13.4. The lowest BCUT2D eigenvalue weighted by Gasteiger charge is -2.34. The molecule has 0 nitrogen and oxygen atoms in total. The smallest absolute Gasteiger partial charge is 0.204 e. The van der Waals surface area contributed by atoms with Crippen LogP contribution in [0.3, 0.4) is 0 Å². The van der Waals surface area contributed by atoms with Crippen molar-refractivity contribution in [3.8, 4) is 0 Å². The van der Waals surface area contributed by atoms with Crippen LogP contribution in [0.1, 0.15) is 5.56 Å². The molecule has 6 heteroatoms. The zero-order valence-electron chi connectivity index (χ0n) is 11.0. The minimum absolute atomic E-state index is 0.0840. The third kappa shape index (κ3) is 3.42. The summed E-state index contributed by atoms with van der Waals surface area (Å²) >= 11 is -0.0840. The van der Waals surface area contributed by atoms with Crippen LogP contribution in [0, 0.1) is 0 Å². The zero-order valence-corrected chi connectivity index (χ0v) is 12.8. The van der Waals surface area contributed by atoms with Gasteiger partial charge in [0.15, 0.2) is 0 Å². The lowest BCUT2D eigenvalue weighted by Crippen LogP contribution is -2.55. The standard InChI is InChI=1S/C13H16F4SSi/c1-5-10-6-8-11(9-7-10)18-12(14,15)13(16,17)19(2,3)4/h5-9H,1H2,2-4H3. The first-order valence-electron chi connectivity index (χ1n) is 5.68. The Hall–Kier alpha value is -0.753. The molecule has 106 valence electrons. The van der Waals surface area contributed by atoms with E-state index in [1.54, 1.807) is 18.2 Å². The van der Waals surface area contributed by atoms with Crippen LogP contribution in [0.4, 0.5) is 17.6 Å². The van der Waals surface area contributed by atoms with E-state index in [0.717, 1.165) is 5.56 Å². The number of halogens is 4. The summed E-state index contributed by atoms with van der Waals surface area (Å²) in [6.45, 7) is 7.25. The Morgan fingerprint density at radius 1 is 1.05 bits per heavy atom. The van der Waals surface area contributed by atoms with Crippen molar-refractivity contribution in [2.45, 2.75) is 35.3 Å². The maximum absolute atomic E-state index is 13.8. The van der Waals surface area contributed by atoms with Crippen LogP contribution in [-0.2, 0) is 0 Å². The van der Waals surface area contributed by atoms with Gasteiger partial charge in [-0.3, -0.25) is 0 Å². The lowest BCUT2D eigenvalue weighted by molar-refractivity contribution is -0.0985. The molecule has 0 spiro atoms. The first kappa shape index (κ1) is 16.3. The van der Waals surface area contributed by atoms with Gasteiger partial charge in [-0.15, -0.1) is 0 Å². The van der Waals surface area contributed by atoms with E-state index >= 15 is 0 Å². The van der Waals surface area contributed by atoms with Gasteiger partial charge in [0.25, 0.3) is 5.55 Å². The molecule has 1 aromatic rings. The summed E-state index contributed by atoms with van der Waals surface area (Å²) in [5.74, 6) is 0. The molecule has 0 aliphatic rings. The van der Waals surface area contributed by atoms with Gasteiger partial charge in [-0.1, -0.05) is 44.4 Å². The predicted octanol–water partition coefficient (Wildman–Crippen LogP) is 5.53. The second-order valence-electron chi connectivity index (χ2n) is 5.22. The monoisotopic (exact) mass is 308 g/mol. The maximum Gasteiger partial charge on any atom is 0.356 e. The van der Waals surface area contributed by atoms with Crippen LogP contribution in [0.15, 0.2) is 35.7 Å². The van der Waals surface area contributed by atoms with Crippen molar-refractivity contribution < 1.29 is 17.6 Å². The highest BCUT2D eigenvalue weighted by molar-refractivity contribution is 8.00. The highest BCUT2D eigenvalue weighted by atomic mass is 32.2. The number of thioether (sulfide) groups is 1. The predicted molar refractivity (Wildman–Crippen MR) is 75.6 cm³/mol. The number of alkyl halides is 4. The van der Waals surface area contributed by atoms with Crippen LogP contribution in [-0.4, -0.2) is 18.9 Å². The molecule has 0 amide bonds. The quantitative estimate of drug-likeness (QED) is 0.392. The van der Waals surface area contributed by atoms with E-state index < -0.39 is 18.9 Å². The van der Waals surface area contributed by atoms with Crippen molar-refractivity contribution in [3.63, 3.8) is 0 Å². The van der Waals surface area contributed by atoms with Gasteiger partial charge in [-0.2, -0.15) is 8.78 Å². The molecule has 0 saturated carbocycles. The molecule has 0 fully saturated rings. The fourth-order valence-corrected chi connectivity index (χ4v) is 3.96. The summed E-state index contributed by atoms with van der Waals surface area (Å²) in [4.78, 5) is 0.119. The highest BCUT2D eigenvalue weighted by Gasteiger charge is 2.64. The van der Waals surface area contributed by atoms with Crippen molar-refractivity contribution >= 4 is 25.9 Å². The average Bonchev–Trinajstić information content (AvgIpc) is 2.28. The first-order chi connectivity index (χ1) is 8.51. The van der Waals surface area contributed by atoms with Crippen LogP contribution >= 0.6 is 11.8 Å². The van der Waals surface area contributed by atoms with E-state index in [4.69, 9.17) is 0 Å². The number of hydrogen-bond donors (Lipinski definition) is 0. The molecule has 0 saturated heterocycles. The fourth-order valence-electron chi connectivity index (χ4n) is 1.32. The zero-order chi connectivity index (χ0) is 14.9. The Labute approximate surface area is 115 Å². The summed E-state index contributed by atoms with van der Waals surface area (Å²) in [5, 5.41) is -4.10. The number of hydrogen-bond acceptors (Lipinski definition) is 1. The highest BCUT2D eigenvalue weighted by Crippen LogP contribution is 2.50. The molecule has 0 aliphatic heterocycles. The molecule has 0 bridgehead atoms. The average molecular weight is 308 g/mol. The summed E-state index contributed by atoms with van der Waals surface area (Å²) in [6, 6.07) is 5.93. The second kappa shape index (κ2) is 5.32. The number of rotatable bonds is 5. The molecule has 0 unspecified atom stereocenters. The molecule has 0 radical (unpaired) electrons. The van der Waals surface area contributed by atoms with E-state index in [9.17, 15) is 17.6 Å². The van der Waals surface area contributed by atoms with E-state index in [2.05, 4.69) is 6.58 Å². The molecular formula is C13H16F4SSi. The van der Waals surface area contributed by atoms with E-state index in [-0.39, 0.29) is 16.7 Å². The Balaban J connectivity index is 2.98. The van der Waals surface area contributed by atoms with Gasteiger partial charge in [-0.25, -0.2) is 8.78 Å². The summed E-state index contributed by atoms with van der Waals surface area (Å²) in [7, 11) is -3.31. The van der Waals surface area contributed by atoms with Gasteiger partial charge in [0, 0.05) is 4.90 Å². The Kier molecular flexibility index (Phi) is 4.57. The Bertz CT molecular complexity index is 449. The van der Waals surface area contributed by atoms with Gasteiger partial charge in [0.05, 0.1) is 0 Å². The topological polar surface area (TPSA) is 0 Å². The van der Waals surface area contributed by atoms with Gasteiger partial charge < -0.3 is 0 Å². The van der Waals surface area contributed by atoms with Crippen molar-refractivity contribution in [1.82, 2.24) is 0 Å². The van der Waals surface area contributed by atoms with Crippen molar-refractivity contribution in [2.75, 3.05) is 0 Å². The van der Waals surface area contributed by atoms with Gasteiger partial charge in [0.2, 0.25) is 0 Å². The van der Waals surface area contributed by atoms with E-state index in [1.165, 1.54) is 31.8 Å². The van der Waals surface area contributed by atoms with Crippen LogP contribution in [0.2, 0.25) is 19.6 Å². The fraction of sp³-hybridized carbons (Fsp3) is 0.385. The summed E-state index contributed by atoms with van der Waals surface area (Å²) in [5.41, 5.74) is -3.22. The van der Waals surface area contributed by atoms with Gasteiger partial charge in [0.1, 0.15) is 8.07 Å². The largest absolute Gasteiger partial charge is 0.356 e. The Morgan fingerprint density at radius 2 is 1.53 bits per heavy atom. The van der Waals surface area contributed by atoms with Crippen LogP contribution in [0.5, 0.6) is 0 Å². The summed E-state index contributed by atoms with van der Waals surface area (Å²) < 4.78 is 55.2. The third-order valence-corrected chi connectivity index (χ3v) is 6.07. The molecule has 19 heavy (non-hydrogen) atoms. The van der Waals surface area contributed by atoms with E-state index in [0.29, 0.717) is 0 Å². The van der Waals surface area contributed by atoms with Gasteiger partial charge >= 0.3 is 5.25 Å². The minimum Gasteiger partial charge on any atom is -0.204 e. The van der Waals surface area contributed by atoms with Crippen molar-refractivity contribution in [1.29, 1.82) is 0 Å². The van der Waals surface area contributed by atoms with Crippen LogP contribution in [0.25, 0.3) is 6.08 Å². The number of benzene rings is 1. The molecule has 1 rings (SSSR count). The van der Waals surface area contributed by atoms with Crippen LogP contribution < -0.4 is 0 Å². The third-order valence-electron chi connectivity index (χ3n) is 2.67. The maximum atomic E-state index is 13.8. The molecular weight excluding hydrogens is 292 g/mol. The second-order valence-corrected chi connectivity index (χ2v) is 11.5. The molecule has 0 N–H and O–H groups in total. The molecule has 0 aliphatic carbocycles.